The number of fused-ring (bicyclic) bond motifs is 1. The van der Waals surface area contributed by atoms with Crippen LogP contribution < -0.4 is 4.90 Å². The molecule has 2 aromatic heterocycles. The number of rotatable bonds is 8. The first-order valence-electron chi connectivity index (χ1n) is 10.8. The van der Waals surface area contributed by atoms with E-state index in [2.05, 4.69) is 13.0 Å². The summed E-state index contributed by atoms with van der Waals surface area (Å²) in [6.45, 7) is 5.66. The Hall–Kier alpha value is -2.97. The molecule has 1 amide bonds. The maximum absolute atomic E-state index is 13.4. The number of hydrogen-bond acceptors (Lipinski definition) is 6. The number of sulfone groups is 1. The largest absolute Gasteiger partial charge is 0.467 e. The number of carbonyl (C=O) groups excluding carboxylic acids is 1. The maximum atomic E-state index is 13.4. The van der Waals surface area contributed by atoms with Crippen LogP contribution in [-0.4, -0.2) is 24.6 Å². The van der Waals surface area contributed by atoms with Gasteiger partial charge in [-0.15, -0.1) is 0 Å². The van der Waals surface area contributed by atoms with Gasteiger partial charge in [0.1, 0.15) is 5.76 Å². The van der Waals surface area contributed by atoms with Crippen molar-refractivity contribution in [2.24, 2.45) is 0 Å². The summed E-state index contributed by atoms with van der Waals surface area (Å²) in [7, 11) is -3.35. The molecule has 0 aliphatic heterocycles. The monoisotopic (exact) mass is 482 g/mol. The molecule has 0 N–H and O–H groups in total. The fraction of sp³-hybridized carbons (Fsp3) is 0.280. The topological polar surface area (TPSA) is 80.5 Å². The highest BCUT2D eigenvalue weighted by atomic mass is 32.2. The molecule has 0 spiro atoms. The molecular formula is C25H26N2O4S2. The molecule has 33 heavy (non-hydrogen) atoms. The fourth-order valence-electron chi connectivity index (χ4n) is 3.55. The van der Waals surface area contributed by atoms with Gasteiger partial charge in [0.15, 0.2) is 15.0 Å². The number of aryl methyl sites for hydroxylation is 1. The lowest BCUT2D eigenvalue weighted by Crippen LogP contribution is -2.31. The van der Waals surface area contributed by atoms with Crippen molar-refractivity contribution >= 4 is 42.4 Å². The van der Waals surface area contributed by atoms with Gasteiger partial charge in [-0.1, -0.05) is 42.5 Å². The number of anilines is 1. The van der Waals surface area contributed by atoms with Crippen molar-refractivity contribution in [2.45, 2.75) is 50.3 Å². The molecule has 0 radical (unpaired) electrons. The van der Waals surface area contributed by atoms with Gasteiger partial charge in [-0.2, -0.15) is 0 Å². The number of carbonyl (C=O) groups is 1. The molecule has 0 atom stereocenters. The van der Waals surface area contributed by atoms with E-state index in [0.717, 1.165) is 27.8 Å². The Morgan fingerprint density at radius 1 is 1.09 bits per heavy atom. The zero-order chi connectivity index (χ0) is 23.6. The second-order valence-electron chi connectivity index (χ2n) is 8.09. The first kappa shape index (κ1) is 23.2. The SMILES string of the molecule is CCc1cccc2sc(N(Cc3ccco3)C(=O)Cc3ccc(S(=O)(=O)C(C)C)cc3)nc12. The Morgan fingerprint density at radius 3 is 2.48 bits per heavy atom. The molecule has 0 saturated carbocycles. The summed E-state index contributed by atoms with van der Waals surface area (Å²) in [4.78, 5) is 20.1. The fourth-order valence-corrected chi connectivity index (χ4v) is 5.64. The molecule has 0 fully saturated rings. The normalized spacial score (nSPS) is 11.9. The number of benzene rings is 2. The van der Waals surface area contributed by atoms with E-state index in [9.17, 15) is 13.2 Å². The Kier molecular flexibility index (Phi) is 6.67. The molecule has 4 aromatic rings. The molecule has 4 rings (SSSR count). The van der Waals surface area contributed by atoms with E-state index in [0.29, 0.717) is 10.9 Å². The molecule has 0 bridgehead atoms. The second-order valence-corrected chi connectivity index (χ2v) is 11.6. The standard InChI is InChI=1S/C25H26N2O4S2/c1-4-19-7-5-9-22-24(19)26-25(32-22)27(16-20-8-6-14-31-20)23(28)15-18-10-12-21(13-11-18)33(29,30)17(2)3/h5-14,17H,4,15-16H2,1-3H3. The van der Waals surface area contributed by atoms with Crippen LogP contribution in [0.2, 0.25) is 0 Å². The van der Waals surface area contributed by atoms with E-state index in [1.165, 1.54) is 11.3 Å². The molecule has 8 heteroatoms. The number of para-hydroxylation sites is 1. The van der Waals surface area contributed by atoms with Crippen LogP contribution in [-0.2, 0) is 34.0 Å². The van der Waals surface area contributed by atoms with Gasteiger partial charge in [-0.05, 0) is 61.7 Å². The molecule has 2 heterocycles. The highest BCUT2D eigenvalue weighted by Crippen LogP contribution is 2.32. The zero-order valence-electron chi connectivity index (χ0n) is 18.8. The predicted octanol–water partition coefficient (Wildman–Crippen LogP) is 5.41. The van der Waals surface area contributed by atoms with Gasteiger partial charge in [0, 0.05) is 0 Å². The lowest BCUT2D eigenvalue weighted by molar-refractivity contribution is -0.118. The summed E-state index contributed by atoms with van der Waals surface area (Å²) in [6.07, 6.45) is 2.57. The summed E-state index contributed by atoms with van der Waals surface area (Å²) in [5, 5.41) is 0.118. The molecule has 0 unspecified atom stereocenters. The third-order valence-corrected chi connectivity index (χ3v) is 8.74. The van der Waals surface area contributed by atoms with Gasteiger partial charge >= 0.3 is 0 Å². The molecule has 2 aromatic carbocycles. The van der Waals surface area contributed by atoms with Gasteiger partial charge in [-0.25, -0.2) is 13.4 Å². The van der Waals surface area contributed by atoms with E-state index in [-0.39, 0.29) is 23.8 Å². The Balaban J connectivity index is 1.63. The van der Waals surface area contributed by atoms with Crippen LogP contribution in [0.25, 0.3) is 10.2 Å². The Labute approximate surface area is 197 Å². The first-order chi connectivity index (χ1) is 15.8. The zero-order valence-corrected chi connectivity index (χ0v) is 20.4. The first-order valence-corrected chi connectivity index (χ1v) is 13.2. The van der Waals surface area contributed by atoms with Crippen LogP contribution in [0.4, 0.5) is 5.13 Å². The summed E-state index contributed by atoms with van der Waals surface area (Å²) < 4.78 is 31.3. The van der Waals surface area contributed by atoms with Crippen molar-refractivity contribution < 1.29 is 17.6 Å². The van der Waals surface area contributed by atoms with Crippen LogP contribution >= 0.6 is 11.3 Å². The van der Waals surface area contributed by atoms with Crippen molar-refractivity contribution in [2.75, 3.05) is 4.90 Å². The maximum Gasteiger partial charge on any atom is 0.233 e. The lowest BCUT2D eigenvalue weighted by atomic mass is 10.1. The summed E-state index contributed by atoms with van der Waals surface area (Å²) >= 11 is 1.48. The minimum Gasteiger partial charge on any atom is -0.467 e. The van der Waals surface area contributed by atoms with Crippen LogP contribution in [0.15, 0.2) is 70.2 Å². The summed E-state index contributed by atoms with van der Waals surface area (Å²) in [6, 6.07) is 16.2. The number of hydrogen-bond donors (Lipinski definition) is 0. The van der Waals surface area contributed by atoms with Gasteiger partial charge in [-0.3, -0.25) is 9.69 Å². The summed E-state index contributed by atoms with van der Waals surface area (Å²) in [5.74, 6) is 0.527. The van der Waals surface area contributed by atoms with E-state index in [1.54, 1.807) is 55.3 Å². The molecule has 0 saturated heterocycles. The van der Waals surface area contributed by atoms with Crippen molar-refractivity contribution in [1.29, 1.82) is 0 Å². The number of amides is 1. The molecule has 6 nitrogen and oxygen atoms in total. The van der Waals surface area contributed by atoms with Crippen LogP contribution in [0, 0.1) is 0 Å². The quantitative estimate of drug-likeness (QED) is 0.335. The molecule has 172 valence electrons. The number of nitrogens with zero attached hydrogens (tertiary/aromatic N) is 2. The third kappa shape index (κ3) is 4.86. The highest BCUT2D eigenvalue weighted by molar-refractivity contribution is 7.92. The van der Waals surface area contributed by atoms with Crippen molar-refractivity contribution in [3.63, 3.8) is 0 Å². The lowest BCUT2D eigenvalue weighted by Gasteiger charge is -2.19. The van der Waals surface area contributed by atoms with E-state index < -0.39 is 15.1 Å². The van der Waals surface area contributed by atoms with Gasteiger partial charge in [0.05, 0.1) is 39.6 Å². The smallest absolute Gasteiger partial charge is 0.233 e. The Morgan fingerprint density at radius 2 is 1.85 bits per heavy atom. The third-order valence-electron chi connectivity index (χ3n) is 5.53. The summed E-state index contributed by atoms with van der Waals surface area (Å²) in [5.41, 5.74) is 2.80. The predicted molar refractivity (Wildman–Crippen MR) is 131 cm³/mol. The molecule has 0 aliphatic carbocycles. The van der Waals surface area contributed by atoms with Crippen LogP contribution in [0.3, 0.4) is 0 Å². The number of aromatic nitrogens is 1. The minimum absolute atomic E-state index is 0.124. The average Bonchev–Trinajstić information content (AvgIpc) is 3.47. The van der Waals surface area contributed by atoms with Crippen molar-refractivity contribution in [3.05, 3.63) is 77.7 Å². The van der Waals surface area contributed by atoms with Gasteiger partial charge < -0.3 is 4.42 Å². The highest BCUT2D eigenvalue weighted by Gasteiger charge is 2.23. The van der Waals surface area contributed by atoms with E-state index in [1.807, 2.05) is 18.2 Å². The van der Waals surface area contributed by atoms with E-state index >= 15 is 0 Å². The molecule has 0 aliphatic rings. The van der Waals surface area contributed by atoms with Crippen LogP contribution in [0.1, 0.15) is 37.7 Å². The molecular weight excluding hydrogens is 456 g/mol. The van der Waals surface area contributed by atoms with Crippen molar-refractivity contribution in [1.82, 2.24) is 4.98 Å². The van der Waals surface area contributed by atoms with E-state index in [4.69, 9.17) is 9.40 Å². The number of furan rings is 1. The van der Waals surface area contributed by atoms with Crippen LogP contribution in [0.5, 0.6) is 0 Å². The Bertz CT molecular complexity index is 1360. The second kappa shape index (κ2) is 9.49. The van der Waals surface area contributed by atoms with Gasteiger partial charge in [0.25, 0.3) is 0 Å². The average molecular weight is 483 g/mol. The minimum atomic E-state index is -3.35. The van der Waals surface area contributed by atoms with Crippen molar-refractivity contribution in [3.8, 4) is 0 Å². The van der Waals surface area contributed by atoms with Gasteiger partial charge in [0.2, 0.25) is 5.91 Å². The number of thiazole rings is 1.